The normalized spacial score (nSPS) is 33.8. The predicted molar refractivity (Wildman–Crippen MR) is 98.7 cm³/mol. The van der Waals surface area contributed by atoms with Gasteiger partial charge in [-0.05, 0) is 54.9 Å². The average molecular weight is 351 g/mol. The molecule has 4 nitrogen and oxygen atoms in total. The Labute approximate surface area is 154 Å². The van der Waals surface area contributed by atoms with Crippen molar-refractivity contribution in [3.63, 3.8) is 0 Å². The van der Waals surface area contributed by atoms with Crippen molar-refractivity contribution in [2.45, 2.75) is 43.2 Å². The molecule has 0 radical (unpaired) electrons. The van der Waals surface area contributed by atoms with Gasteiger partial charge in [0, 0.05) is 24.7 Å². The largest absolute Gasteiger partial charge is 0.497 e. The summed E-state index contributed by atoms with van der Waals surface area (Å²) in [6.45, 7) is 2.40. The second kappa shape index (κ2) is 5.07. The van der Waals surface area contributed by atoms with Crippen molar-refractivity contribution >= 4 is 0 Å². The Morgan fingerprint density at radius 3 is 2.85 bits per heavy atom. The third-order valence-corrected chi connectivity index (χ3v) is 7.19. The van der Waals surface area contributed by atoms with E-state index in [1.54, 1.807) is 14.2 Å². The van der Waals surface area contributed by atoms with Crippen molar-refractivity contribution in [1.29, 1.82) is 0 Å². The average Bonchev–Trinajstić information content (AvgIpc) is 3.41. The summed E-state index contributed by atoms with van der Waals surface area (Å²) < 4.78 is 17.9. The maximum Gasteiger partial charge on any atom is 0.169 e. The Hall–Kier alpha value is -1.94. The third kappa shape index (κ3) is 1.74. The predicted octanol–water partition coefficient (Wildman–Crippen LogP) is 3.20. The molecule has 136 valence electrons. The first-order valence-corrected chi connectivity index (χ1v) is 9.83. The van der Waals surface area contributed by atoms with E-state index in [1.165, 1.54) is 36.1 Å². The van der Waals surface area contributed by atoms with Gasteiger partial charge in [-0.25, -0.2) is 0 Å². The molecule has 1 aromatic rings. The van der Waals surface area contributed by atoms with Crippen LogP contribution in [-0.2, 0) is 16.6 Å². The highest BCUT2D eigenvalue weighted by Gasteiger charge is 2.62. The highest BCUT2D eigenvalue weighted by molar-refractivity contribution is 5.67. The smallest absolute Gasteiger partial charge is 0.169 e. The molecule has 1 spiro atoms. The first kappa shape index (κ1) is 15.2. The second-order valence-electron chi connectivity index (χ2n) is 8.40. The van der Waals surface area contributed by atoms with Gasteiger partial charge in [0.15, 0.2) is 17.6 Å². The van der Waals surface area contributed by atoms with Gasteiger partial charge < -0.3 is 14.2 Å². The maximum absolute atomic E-state index is 6.56. The van der Waals surface area contributed by atoms with E-state index < -0.39 is 0 Å². The second-order valence-corrected chi connectivity index (χ2v) is 8.40. The quantitative estimate of drug-likeness (QED) is 0.834. The van der Waals surface area contributed by atoms with Crippen LogP contribution in [0.3, 0.4) is 0 Å². The monoisotopic (exact) mass is 351 g/mol. The van der Waals surface area contributed by atoms with Gasteiger partial charge in [0.2, 0.25) is 0 Å². The van der Waals surface area contributed by atoms with Crippen molar-refractivity contribution < 1.29 is 14.2 Å². The minimum Gasteiger partial charge on any atom is -0.497 e. The molecule has 0 N–H and O–H groups in total. The molecule has 1 saturated heterocycles. The fourth-order valence-electron chi connectivity index (χ4n) is 5.85. The molecule has 2 bridgehead atoms. The molecule has 2 aliphatic heterocycles. The minimum absolute atomic E-state index is 0.0524. The molecule has 26 heavy (non-hydrogen) atoms. The van der Waals surface area contributed by atoms with Crippen molar-refractivity contribution in [2.24, 2.45) is 5.92 Å². The molecule has 5 aliphatic rings. The third-order valence-electron chi connectivity index (χ3n) is 7.19. The Morgan fingerprint density at radius 1 is 1.19 bits per heavy atom. The number of likely N-dealkylation sites (tertiary alicyclic amines) is 1. The summed E-state index contributed by atoms with van der Waals surface area (Å²) in [5.74, 6) is 3.65. The number of methoxy groups -OCH3 is 2. The lowest BCUT2D eigenvalue weighted by Gasteiger charge is -2.53. The van der Waals surface area contributed by atoms with E-state index in [4.69, 9.17) is 14.2 Å². The Morgan fingerprint density at radius 2 is 2.08 bits per heavy atom. The fraction of sp³-hybridized carbons (Fsp3) is 0.545. The van der Waals surface area contributed by atoms with Crippen LogP contribution in [0.15, 0.2) is 35.6 Å². The number of rotatable bonds is 4. The molecule has 0 aromatic heterocycles. The van der Waals surface area contributed by atoms with Crippen LogP contribution in [0.25, 0.3) is 0 Å². The van der Waals surface area contributed by atoms with Gasteiger partial charge in [0.1, 0.15) is 5.76 Å². The highest BCUT2D eigenvalue weighted by atomic mass is 16.6. The summed E-state index contributed by atoms with van der Waals surface area (Å²) in [6.07, 6.45) is 9.41. The van der Waals surface area contributed by atoms with E-state index in [-0.39, 0.29) is 11.5 Å². The number of benzene rings is 1. The number of hydrogen-bond acceptors (Lipinski definition) is 4. The van der Waals surface area contributed by atoms with Crippen LogP contribution < -0.4 is 9.47 Å². The van der Waals surface area contributed by atoms with Crippen LogP contribution in [0.5, 0.6) is 11.5 Å². The zero-order chi connectivity index (χ0) is 17.5. The molecule has 2 heterocycles. The molecule has 1 saturated carbocycles. The summed E-state index contributed by atoms with van der Waals surface area (Å²) in [4.78, 5) is 2.74. The molecule has 6 rings (SSSR count). The molecule has 1 aromatic carbocycles. The molecule has 4 heteroatoms. The van der Waals surface area contributed by atoms with Crippen LogP contribution in [0, 0.1) is 5.92 Å². The first-order chi connectivity index (χ1) is 12.8. The molecule has 1 unspecified atom stereocenters. The minimum atomic E-state index is -0.0672. The van der Waals surface area contributed by atoms with E-state index >= 15 is 0 Å². The van der Waals surface area contributed by atoms with E-state index in [9.17, 15) is 0 Å². The molecule has 0 amide bonds. The molecular formula is C22H25NO3. The number of nitrogens with zero attached hydrogens (tertiary/aromatic N) is 1. The molecular weight excluding hydrogens is 326 g/mol. The summed E-state index contributed by atoms with van der Waals surface area (Å²) >= 11 is 0. The standard InChI is InChI=1S/C22H25NO3/c1-24-17-7-5-14-11-16-15-6-8-18(25-2)21-22(15,19(14)20(17)26-21)9-10-23(16)12-13-3-4-13/h5-8,13,16,21H,3-4,9-12H2,1-2H3/t16-,21+,22?/m0/s1. The van der Waals surface area contributed by atoms with E-state index in [0.29, 0.717) is 6.04 Å². The Bertz CT molecular complexity index is 853. The topological polar surface area (TPSA) is 30.9 Å². The van der Waals surface area contributed by atoms with Gasteiger partial charge >= 0.3 is 0 Å². The Kier molecular flexibility index (Phi) is 2.95. The van der Waals surface area contributed by atoms with Crippen molar-refractivity contribution in [1.82, 2.24) is 4.90 Å². The van der Waals surface area contributed by atoms with Crippen LogP contribution >= 0.6 is 0 Å². The van der Waals surface area contributed by atoms with Gasteiger partial charge in [0.05, 0.1) is 19.6 Å². The van der Waals surface area contributed by atoms with Gasteiger partial charge in [-0.15, -0.1) is 0 Å². The fourth-order valence-corrected chi connectivity index (χ4v) is 5.85. The number of allylic oxidation sites excluding steroid dienone is 2. The van der Waals surface area contributed by atoms with Crippen LogP contribution in [-0.4, -0.2) is 44.4 Å². The summed E-state index contributed by atoms with van der Waals surface area (Å²) in [7, 11) is 3.49. The summed E-state index contributed by atoms with van der Waals surface area (Å²) in [5.41, 5.74) is 4.28. The molecule has 3 atom stereocenters. The van der Waals surface area contributed by atoms with Crippen LogP contribution in [0.1, 0.15) is 30.4 Å². The van der Waals surface area contributed by atoms with Crippen LogP contribution in [0.4, 0.5) is 0 Å². The van der Waals surface area contributed by atoms with E-state index in [0.717, 1.165) is 42.6 Å². The highest BCUT2D eigenvalue weighted by Crippen LogP contribution is 2.62. The maximum atomic E-state index is 6.56. The van der Waals surface area contributed by atoms with E-state index in [1.807, 2.05) is 0 Å². The lowest BCUT2D eigenvalue weighted by molar-refractivity contribution is 0.0624. The van der Waals surface area contributed by atoms with Crippen molar-refractivity contribution in [3.8, 4) is 11.5 Å². The molecule has 3 aliphatic carbocycles. The zero-order valence-corrected chi connectivity index (χ0v) is 15.5. The van der Waals surface area contributed by atoms with Gasteiger partial charge in [-0.2, -0.15) is 0 Å². The van der Waals surface area contributed by atoms with Gasteiger partial charge in [-0.1, -0.05) is 12.1 Å². The first-order valence-electron chi connectivity index (χ1n) is 9.83. The van der Waals surface area contributed by atoms with Crippen LogP contribution in [0.2, 0.25) is 0 Å². The Balaban J connectivity index is 1.56. The summed E-state index contributed by atoms with van der Waals surface area (Å²) in [5, 5.41) is 0. The lowest BCUT2D eigenvalue weighted by atomic mass is 9.57. The SMILES string of the molecule is COC1=CC=C2[C@@H]3Cc4ccc(OC)c5c4C2(CCN3CC2CC2)[C@@H]1O5. The molecule has 2 fully saturated rings. The summed E-state index contributed by atoms with van der Waals surface area (Å²) in [6, 6.07) is 4.84. The van der Waals surface area contributed by atoms with Crippen molar-refractivity contribution in [3.05, 3.63) is 46.7 Å². The number of ether oxygens (including phenoxy) is 3. The zero-order valence-electron chi connectivity index (χ0n) is 15.5. The van der Waals surface area contributed by atoms with Crippen molar-refractivity contribution in [2.75, 3.05) is 27.3 Å². The number of piperidine rings is 1. The lowest BCUT2D eigenvalue weighted by Crippen LogP contribution is -2.59. The van der Waals surface area contributed by atoms with Gasteiger partial charge in [0.25, 0.3) is 0 Å². The van der Waals surface area contributed by atoms with Gasteiger partial charge in [-0.3, -0.25) is 4.90 Å². The number of hydrogen-bond donors (Lipinski definition) is 0. The van der Waals surface area contributed by atoms with E-state index in [2.05, 4.69) is 29.2 Å².